The Kier molecular flexibility index (Phi) is 10.2. The molecule has 0 saturated heterocycles. The molecule has 0 aliphatic heterocycles. The number of fused-ring (bicyclic) bond motifs is 10. The van der Waals surface area contributed by atoms with Gasteiger partial charge in [-0.3, -0.25) is 0 Å². The van der Waals surface area contributed by atoms with Crippen LogP contribution < -0.4 is 0 Å². The minimum atomic E-state index is -0.394. The van der Waals surface area contributed by atoms with Crippen molar-refractivity contribution in [3.8, 4) is 111 Å². The third kappa shape index (κ3) is 7.22. The molecule has 0 radical (unpaired) electrons. The van der Waals surface area contributed by atoms with Crippen molar-refractivity contribution in [1.29, 1.82) is 0 Å². The smallest absolute Gasteiger partial charge is 0.0622 e. The summed E-state index contributed by atoms with van der Waals surface area (Å²) in [4.78, 5) is 0. The second kappa shape index (κ2) is 17.5. The van der Waals surface area contributed by atoms with Crippen LogP contribution in [0.15, 0.2) is 291 Å². The summed E-state index contributed by atoms with van der Waals surface area (Å²) in [5, 5.41) is 0. The Hall–Kier alpha value is -9.36. The monoisotopic (exact) mass is 924 g/mol. The predicted molar refractivity (Wildman–Crippen MR) is 306 cm³/mol. The Balaban J connectivity index is 0.973. The second-order valence-corrected chi connectivity index (χ2v) is 19.6. The molecule has 12 aromatic rings. The third-order valence-electron chi connectivity index (χ3n) is 15.4. The maximum absolute atomic E-state index is 2.47. The Labute approximate surface area is 427 Å². The molecular formula is C73H48. The fraction of sp³-hybridized carbons (Fsp3) is 0.0137. The van der Waals surface area contributed by atoms with Gasteiger partial charge in [-0.1, -0.05) is 224 Å². The highest BCUT2D eigenvalue weighted by atomic mass is 14.5. The molecule has 0 amide bonds. The lowest BCUT2D eigenvalue weighted by molar-refractivity contribution is 0.794. The molecule has 14 rings (SSSR count). The van der Waals surface area contributed by atoms with Gasteiger partial charge < -0.3 is 0 Å². The fourth-order valence-corrected chi connectivity index (χ4v) is 12.1. The SMILES string of the molecule is c1ccc(-c2cc(-c3ccccc3)cc(-c3cccc(-c4cc(-c5cc(-c6ccccc6)cc(-c6ccccc6)c5)cc(-c5ccc6c(c5)-c5ccccc5C65c6ccccc6-c6ccccc65)c4)c3)c2)cc1. The molecule has 1 spiro atoms. The lowest BCUT2D eigenvalue weighted by atomic mass is 9.70. The van der Waals surface area contributed by atoms with Gasteiger partial charge >= 0.3 is 0 Å². The van der Waals surface area contributed by atoms with Crippen LogP contribution in [-0.2, 0) is 5.41 Å². The van der Waals surface area contributed by atoms with E-state index in [4.69, 9.17) is 0 Å². The van der Waals surface area contributed by atoms with Crippen LogP contribution in [0.25, 0.3) is 111 Å². The predicted octanol–water partition coefficient (Wildman–Crippen LogP) is 19.4. The van der Waals surface area contributed by atoms with E-state index in [-0.39, 0.29) is 0 Å². The number of benzene rings is 12. The molecule has 0 unspecified atom stereocenters. The summed E-state index contributed by atoms with van der Waals surface area (Å²) in [5.74, 6) is 0. The first-order valence-corrected chi connectivity index (χ1v) is 25.4. The van der Waals surface area contributed by atoms with Crippen LogP contribution in [-0.4, -0.2) is 0 Å². The lowest BCUT2D eigenvalue weighted by Crippen LogP contribution is -2.25. The van der Waals surface area contributed by atoms with Gasteiger partial charge in [-0.25, -0.2) is 0 Å². The van der Waals surface area contributed by atoms with E-state index in [1.54, 1.807) is 0 Å². The first-order valence-electron chi connectivity index (χ1n) is 25.4. The van der Waals surface area contributed by atoms with Gasteiger partial charge in [0.2, 0.25) is 0 Å². The molecule has 0 bridgehead atoms. The average Bonchev–Trinajstić information content (AvgIpc) is 3.95. The van der Waals surface area contributed by atoms with E-state index in [1.165, 1.54) is 134 Å². The minimum absolute atomic E-state index is 0.394. The first kappa shape index (κ1) is 42.5. The van der Waals surface area contributed by atoms with Gasteiger partial charge in [0.25, 0.3) is 0 Å². The highest BCUT2D eigenvalue weighted by Gasteiger charge is 2.51. The van der Waals surface area contributed by atoms with Gasteiger partial charge in [0.15, 0.2) is 0 Å². The number of hydrogen-bond donors (Lipinski definition) is 0. The van der Waals surface area contributed by atoms with Crippen molar-refractivity contribution in [1.82, 2.24) is 0 Å². The van der Waals surface area contributed by atoms with Gasteiger partial charge in [-0.05, 0) is 200 Å². The molecule has 0 aromatic heterocycles. The standard InChI is InChI=1S/C73H48/c1-5-20-49(21-6-1)56-39-57(50-22-7-2-8-23-50)42-60(41-56)53-28-19-29-54(38-53)61-45-62(47-64(46-61)63-43-58(51-24-9-3-10-25-51)40-59(44-63)52-26-11-4-12-27-52)55-36-37-72-68(48-55)67-32-15-18-35-71(67)73(72)69-33-16-13-30-65(69)66-31-14-17-34-70(66)73/h1-48H. The Morgan fingerprint density at radius 1 is 0.137 bits per heavy atom. The van der Waals surface area contributed by atoms with E-state index >= 15 is 0 Å². The molecule has 2 aliphatic rings. The van der Waals surface area contributed by atoms with Crippen LogP contribution in [0.2, 0.25) is 0 Å². The maximum atomic E-state index is 2.47. The van der Waals surface area contributed by atoms with Gasteiger partial charge in [-0.2, -0.15) is 0 Å². The maximum Gasteiger partial charge on any atom is 0.0725 e. The quantitative estimate of drug-likeness (QED) is 0.142. The van der Waals surface area contributed by atoms with E-state index < -0.39 is 5.41 Å². The van der Waals surface area contributed by atoms with Crippen LogP contribution in [0.4, 0.5) is 0 Å². The fourth-order valence-electron chi connectivity index (χ4n) is 12.1. The molecule has 0 saturated carbocycles. The van der Waals surface area contributed by atoms with E-state index in [9.17, 15) is 0 Å². The van der Waals surface area contributed by atoms with Crippen LogP contribution in [0.3, 0.4) is 0 Å². The zero-order chi connectivity index (χ0) is 48.3. The number of hydrogen-bond acceptors (Lipinski definition) is 0. The zero-order valence-corrected chi connectivity index (χ0v) is 40.2. The molecule has 2 aliphatic carbocycles. The van der Waals surface area contributed by atoms with E-state index in [0.717, 1.165) is 0 Å². The van der Waals surface area contributed by atoms with Crippen LogP contribution in [0.1, 0.15) is 22.3 Å². The molecule has 0 heterocycles. The van der Waals surface area contributed by atoms with Crippen molar-refractivity contribution < 1.29 is 0 Å². The zero-order valence-electron chi connectivity index (χ0n) is 40.2. The highest BCUT2D eigenvalue weighted by molar-refractivity contribution is 5.97. The van der Waals surface area contributed by atoms with Crippen molar-refractivity contribution >= 4 is 0 Å². The molecule has 0 nitrogen and oxygen atoms in total. The van der Waals surface area contributed by atoms with Crippen LogP contribution in [0.5, 0.6) is 0 Å². The topological polar surface area (TPSA) is 0 Å². The van der Waals surface area contributed by atoms with Crippen molar-refractivity contribution in [2.45, 2.75) is 5.41 Å². The summed E-state index contributed by atoms with van der Waals surface area (Å²) in [6, 6.07) is 108. The summed E-state index contributed by atoms with van der Waals surface area (Å²) >= 11 is 0. The Bertz CT molecular complexity index is 3890. The largest absolute Gasteiger partial charge is 0.0725 e. The lowest BCUT2D eigenvalue weighted by Gasteiger charge is -2.30. The van der Waals surface area contributed by atoms with Crippen LogP contribution >= 0.6 is 0 Å². The molecular weight excluding hydrogens is 877 g/mol. The summed E-state index contributed by atoms with van der Waals surface area (Å²) in [6.45, 7) is 0. The highest BCUT2D eigenvalue weighted by Crippen LogP contribution is 2.63. The van der Waals surface area contributed by atoms with E-state index in [0.29, 0.717) is 0 Å². The Morgan fingerprint density at radius 2 is 0.370 bits per heavy atom. The molecule has 0 N–H and O–H groups in total. The Morgan fingerprint density at radius 3 is 0.726 bits per heavy atom. The molecule has 73 heavy (non-hydrogen) atoms. The van der Waals surface area contributed by atoms with Gasteiger partial charge in [0.05, 0.1) is 5.41 Å². The summed E-state index contributed by atoms with van der Waals surface area (Å²) in [6.07, 6.45) is 0. The van der Waals surface area contributed by atoms with Gasteiger partial charge in [0.1, 0.15) is 0 Å². The molecule has 0 atom stereocenters. The minimum Gasteiger partial charge on any atom is -0.0622 e. The first-order chi connectivity index (χ1) is 36.2. The summed E-state index contributed by atoms with van der Waals surface area (Å²) in [7, 11) is 0. The second-order valence-electron chi connectivity index (χ2n) is 19.6. The third-order valence-corrected chi connectivity index (χ3v) is 15.4. The molecule has 340 valence electrons. The average molecular weight is 925 g/mol. The molecule has 12 aromatic carbocycles. The summed E-state index contributed by atoms with van der Waals surface area (Å²) < 4.78 is 0. The summed E-state index contributed by atoms with van der Waals surface area (Å²) in [5.41, 5.74) is 29.2. The van der Waals surface area contributed by atoms with Gasteiger partial charge in [-0.15, -0.1) is 0 Å². The number of rotatable bonds is 8. The van der Waals surface area contributed by atoms with E-state index in [2.05, 4.69) is 291 Å². The van der Waals surface area contributed by atoms with Crippen molar-refractivity contribution in [2.75, 3.05) is 0 Å². The van der Waals surface area contributed by atoms with Crippen molar-refractivity contribution in [3.05, 3.63) is 313 Å². The molecule has 0 fully saturated rings. The normalized spacial score (nSPS) is 12.5. The van der Waals surface area contributed by atoms with Crippen molar-refractivity contribution in [3.63, 3.8) is 0 Å². The molecule has 0 heteroatoms. The van der Waals surface area contributed by atoms with Crippen LogP contribution in [0, 0.1) is 0 Å². The van der Waals surface area contributed by atoms with Crippen molar-refractivity contribution in [2.24, 2.45) is 0 Å². The van der Waals surface area contributed by atoms with Gasteiger partial charge in [0, 0.05) is 0 Å². The van der Waals surface area contributed by atoms with E-state index in [1.807, 2.05) is 0 Å².